The van der Waals surface area contributed by atoms with E-state index in [1.807, 2.05) is 0 Å². The number of aliphatic hydroxyl groups is 4. The summed E-state index contributed by atoms with van der Waals surface area (Å²) in [6, 6.07) is -3.03. The van der Waals surface area contributed by atoms with E-state index in [0.717, 1.165) is 13.8 Å². The maximum atomic E-state index is 12.8. The summed E-state index contributed by atoms with van der Waals surface area (Å²) in [5.41, 5.74) is 0. The van der Waals surface area contributed by atoms with Crippen molar-refractivity contribution in [2.75, 3.05) is 19.8 Å². The summed E-state index contributed by atoms with van der Waals surface area (Å²) in [6.45, 7) is 3.48. The van der Waals surface area contributed by atoms with Crippen molar-refractivity contribution in [1.29, 1.82) is 0 Å². The van der Waals surface area contributed by atoms with Crippen LogP contribution in [-0.4, -0.2) is 141 Å². The third-order valence-corrected chi connectivity index (χ3v) is 7.77. The first-order valence-electron chi connectivity index (χ1n) is 13.5. The third-order valence-electron chi connectivity index (χ3n) is 6.82. The molecule has 13 atom stereocenters. The van der Waals surface area contributed by atoms with Crippen LogP contribution in [0.3, 0.4) is 0 Å². The Hall–Kier alpha value is -2.13. The highest BCUT2D eigenvalue weighted by molar-refractivity contribution is 7.47. The minimum absolute atomic E-state index is 0.502. The molecule has 0 aromatic heterocycles. The lowest BCUT2D eigenvalue weighted by Gasteiger charge is -2.49. The smallest absolute Gasteiger partial charge is 0.474 e. The lowest BCUT2D eigenvalue weighted by atomic mass is 9.94. The van der Waals surface area contributed by atoms with Gasteiger partial charge in [0.05, 0.1) is 25.7 Å². The van der Waals surface area contributed by atoms with Gasteiger partial charge in [-0.1, -0.05) is 0 Å². The average molecular weight is 661 g/mol. The predicted octanol–water partition coefficient (Wildman–Crippen LogP) is -3.25. The Morgan fingerprint density at radius 3 is 1.91 bits per heavy atom. The van der Waals surface area contributed by atoms with Gasteiger partial charge in [0.2, 0.25) is 11.8 Å². The number of aliphatic hydroxyl groups excluding tert-OH is 4. The van der Waals surface area contributed by atoms with Gasteiger partial charge in [-0.15, -0.1) is 0 Å². The number of hydrogen-bond donors (Lipinski definition) is 8. The van der Waals surface area contributed by atoms with Crippen molar-refractivity contribution in [2.24, 2.45) is 5.92 Å². The highest BCUT2D eigenvalue weighted by Gasteiger charge is 2.54. The van der Waals surface area contributed by atoms with Gasteiger partial charge in [-0.2, -0.15) is 0 Å². The minimum atomic E-state index is -5.11. The molecule has 254 valence electrons. The molecule has 20 heteroatoms. The fourth-order valence-corrected chi connectivity index (χ4v) is 5.28. The number of nitrogens with one attached hydrogen (secondary N) is 2. The largest absolute Gasteiger partial charge is 0.481 e. The Labute approximate surface area is 252 Å². The van der Waals surface area contributed by atoms with Crippen LogP contribution in [0.15, 0.2) is 0 Å². The quantitative estimate of drug-likeness (QED) is 0.0801. The Morgan fingerprint density at radius 2 is 1.41 bits per heavy atom. The van der Waals surface area contributed by atoms with Gasteiger partial charge in [-0.25, -0.2) is 4.57 Å². The molecule has 0 bridgehead atoms. The molecule has 2 heterocycles. The Kier molecular flexibility index (Phi) is 14.2. The number of phosphoric acid groups is 1. The summed E-state index contributed by atoms with van der Waals surface area (Å²) in [5.74, 6) is -4.45. The highest BCUT2D eigenvalue weighted by Crippen LogP contribution is 2.47. The van der Waals surface area contributed by atoms with E-state index in [9.17, 15) is 49.1 Å². The Bertz CT molecular complexity index is 1060. The van der Waals surface area contributed by atoms with Crippen molar-refractivity contribution in [1.82, 2.24) is 10.6 Å². The fraction of sp³-hybridized carbons (Fsp3) is 0.833. The molecule has 11 unspecified atom stereocenters. The number of ether oxygens (including phenoxy) is 4. The number of rotatable bonds is 15. The van der Waals surface area contributed by atoms with Crippen molar-refractivity contribution in [3.8, 4) is 0 Å². The lowest BCUT2D eigenvalue weighted by Crippen LogP contribution is -2.70. The molecule has 0 saturated carbocycles. The summed E-state index contributed by atoms with van der Waals surface area (Å²) >= 11 is 0. The van der Waals surface area contributed by atoms with Gasteiger partial charge in [0.1, 0.15) is 54.8 Å². The number of carboxylic acid groups (broad SMARTS) is 1. The summed E-state index contributed by atoms with van der Waals surface area (Å²) in [6.07, 6.45) is -14.2. The SMILES string of the molecule is CC(=O)NC1C(OC2C(CO)OC(OP(=O)(O)OC[C@@H](C)C(=O)O)C(NC(C)=O)C2O[C@H](C)C(C)=O)OC(CO)C(O)C1O. The zero-order valence-corrected chi connectivity index (χ0v) is 25.6. The summed E-state index contributed by atoms with van der Waals surface area (Å²) < 4.78 is 45.8. The standard InChI is InChI=1S/C24H41N2O17P/c1-9(22(34)35)8-38-44(36,37)43-24-17(26-13(5)31)21(39-11(3)10(2)29)20(15(7-28)41-24)42-23-16(25-12(4)30)19(33)18(32)14(6-27)40-23/h9,11,14-21,23-24,27-28,32-33H,6-8H2,1-5H3,(H,25,30)(H,26,31)(H,34,35)(H,36,37)/t9-,11-,14?,15?,16?,17?,18?,19?,20?,21?,23?,24?/m1/s1. The van der Waals surface area contributed by atoms with E-state index in [1.165, 1.54) is 20.8 Å². The van der Waals surface area contributed by atoms with Gasteiger partial charge in [0, 0.05) is 13.8 Å². The van der Waals surface area contributed by atoms with Crippen molar-refractivity contribution < 1.29 is 82.2 Å². The van der Waals surface area contributed by atoms with Crippen LogP contribution >= 0.6 is 7.82 Å². The molecule has 2 aliphatic rings. The van der Waals surface area contributed by atoms with Crippen LogP contribution in [0.4, 0.5) is 0 Å². The highest BCUT2D eigenvalue weighted by atomic mass is 31.2. The number of aliphatic carboxylic acids is 1. The number of carboxylic acids is 1. The van der Waals surface area contributed by atoms with Gasteiger partial charge in [-0.3, -0.25) is 28.2 Å². The second-order valence-electron chi connectivity index (χ2n) is 10.4. The molecule has 8 N–H and O–H groups in total. The van der Waals surface area contributed by atoms with Gasteiger partial charge in [0.25, 0.3) is 0 Å². The van der Waals surface area contributed by atoms with Gasteiger partial charge in [-0.05, 0) is 20.8 Å². The molecule has 2 aliphatic heterocycles. The van der Waals surface area contributed by atoms with Crippen LogP contribution in [0.25, 0.3) is 0 Å². The number of Topliss-reactive ketones (excluding diaryl/α,β-unsaturated/α-hetero) is 1. The van der Waals surface area contributed by atoms with E-state index in [4.69, 9.17) is 33.1 Å². The molecule has 2 rings (SSSR count). The Morgan fingerprint density at radius 1 is 0.864 bits per heavy atom. The first-order valence-corrected chi connectivity index (χ1v) is 15.0. The zero-order valence-electron chi connectivity index (χ0n) is 24.7. The van der Waals surface area contributed by atoms with E-state index >= 15 is 0 Å². The van der Waals surface area contributed by atoms with Gasteiger partial charge < -0.3 is 60.0 Å². The maximum Gasteiger partial charge on any atom is 0.474 e. The lowest BCUT2D eigenvalue weighted by molar-refractivity contribution is -0.331. The third kappa shape index (κ3) is 10.2. The molecular formula is C24H41N2O17P. The first kappa shape index (κ1) is 38.1. The summed E-state index contributed by atoms with van der Waals surface area (Å²) in [4.78, 5) is 57.7. The van der Waals surface area contributed by atoms with E-state index in [-0.39, 0.29) is 0 Å². The molecule has 0 radical (unpaired) electrons. The van der Waals surface area contributed by atoms with Crippen molar-refractivity contribution in [3.63, 3.8) is 0 Å². The number of carbonyl (C=O) groups is 4. The molecular weight excluding hydrogens is 619 g/mol. The second-order valence-corrected chi connectivity index (χ2v) is 11.9. The molecule has 0 aromatic carbocycles. The van der Waals surface area contributed by atoms with Gasteiger partial charge in [0.15, 0.2) is 18.4 Å². The van der Waals surface area contributed by atoms with Crippen LogP contribution < -0.4 is 10.6 Å². The van der Waals surface area contributed by atoms with E-state index < -0.39 is 125 Å². The molecule has 0 aromatic rings. The maximum absolute atomic E-state index is 12.8. The van der Waals surface area contributed by atoms with Crippen LogP contribution in [0.2, 0.25) is 0 Å². The Balaban J connectivity index is 2.53. The molecule has 2 fully saturated rings. The van der Waals surface area contributed by atoms with Crippen molar-refractivity contribution >= 4 is 31.4 Å². The summed E-state index contributed by atoms with van der Waals surface area (Å²) in [7, 11) is -5.11. The van der Waals surface area contributed by atoms with Crippen LogP contribution in [0.1, 0.15) is 34.6 Å². The number of ketones is 1. The molecule has 44 heavy (non-hydrogen) atoms. The number of amides is 2. The van der Waals surface area contributed by atoms with E-state index in [1.54, 1.807) is 0 Å². The van der Waals surface area contributed by atoms with Crippen molar-refractivity contribution in [3.05, 3.63) is 0 Å². The molecule has 2 saturated heterocycles. The first-order chi connectivity index (χ1) is 20.4. The topological polar surface area (TPSA) is 286 Å². The monoisotopic (exact) mass is 660 g/mol. The predicted molar refractivity (Wildman–Crippen MR) is 142 cm³/mol. The fourth-order valence-electron chi connectivity index (χ4n) is 4.37. The molecule has 0 spiro atoms. The van der Waals surface area contributed by atoms with Crippen LogP contribution in [0.5, 0.6) is 0 Å². The molecule has 19 nitrogen and oxygen atoms in total. The van der Waals surface area contributed by atoms with Crippen molar-refractivity contribution in [2.45, 2.75) is 102 Å². The van der Waals surface area contributed by atoms with E-state index in [2.05, 4.69) is 10.6 Å². The second kappa shape index (κ2) is 16.4. The number of hydrogen-bond acceptors (Lipinski definition) is 15. The number of phosphoric ester groups is 1. The van der Waals surface area contributed by atoms with E-state index in [0.29, 0.717) is 0 Å². The van der Waals surface area contributed by atoms with Gasteiger partial charge >= 0.3 is 13.8 Å². The normalized spacial score (nSPS) is 35.1. The number of carbonyl (C=O) groups excluding carboxylic acids is 3. The van der Waals surface area contributed by atoms with Crippen LogP contribution in [-0.2, 0) is 51.7 Å². The molecule has 2 amide bonds. The minimum Gasteiger partial charge on any atom is -0.481 e. The van der Waals surface area contributed by atoms with Crippen LogP contribution in [0, 0.1) is 5.92 Å². The summed E-state index contributed by atoms with van der Waals surface area (Å²) in [5, 5.41) is 54.7. The molecule has 0 aliphatic carbocycles. The average Bonchev–Trinajstić information content (AvgIpc) is 2.93. The zero-order chi connectivity index (χ0) is 33.5.